The minimum absolute atomic E-state index is 0.145. The van der Waals surface area contributed by atoms with Crippen LogP contribution in [0.5, 0.6) is 0 Å². The van der Waals surface area contributed by atoms with Crippen LogP contribution >= 0.6 is 0 Å². The van der Waals surface area contributed by atoms with Crippen molar-refractivity contribution in [2.45, 2.75) is 70.8 Å². The molecule has 0 aliphatic heterocycles. The molecule has 0 spiro atoms. The number of hydrogen-bond acceptors (Lipinski definition) is 3. The number of aliphatic hydroxyl groups is 1. The third-order valence-corrected chi connectivity index (χ3v) is 3.50. The van der Waals surface area contributed by atoms with Crippen LogP contribution in [-0.2, 0) is 9.53 Å². The van der Waals surface area contributed by atoms with E-state index in [4.69, 9.17) is 0 Å². The number of ether oxygens (including phenoxy) is 1. The second-order valence-corrected chi connectivity index (χ2v) is 5.73. The van der Waals surface area contributed by atoms with E-state index in [0.717, 1.165) is 32.1 Å². The first-order valence-electron chi connectivity index (χ1n) is 9.08. The molecule has 3 nitrogen and oxygen atoms in total. The van der Waals surface area contributed by atoms with Gasteiger partial charge in [-0.25, -0.2) is 0 Å². The summed E-state index contributed by atoms with van der Waals surface area (Å²) in [4.78, 5) is 10.9. The van der Waals surface area contributed by atoms with Crippen LogP contribution in [0.1, 0.15) is 64.7 Å². The maximum absolute atomic E-state index is 10.9. The molecule has 3 heteroatoms. The topological polar surface area (TPSA) is 46.5 Å². The van der Waals surface area contributed by atoms with E-state index in [1.54, 1.807) is 0 Å². The second kappa shape index (κ2) is 17.7. The molecule has 1 atom stereocenters. The van der Waals surface area contributed by atoms with Crippen molar-refractivity contribution >= 4 is 5.97 Å². The Labute approximate surface area is 147 Å². The summed E-state index contributed by atoms with van der Waals surface area (Å²) in [5.41, 5.74) is 0. The predicted molar refractivity (Wildman–Crippen MR) is 102 cm³/mol. The van der Waals surface area contributed by atoms with Gasteiger partial charge in [-0.2, -0.15) is 0 Å². The zero-order chi connectivity index (χ0) is 17.9. The molecule has 0 amide bonds. The zero-order valence-corrected chi connectivity index (χ0v) is 15.3. The molecule has 0 aliphatic carbocycles. The Bertz CT molecular complexity index is 405. The molecule has 0 aliphatic rings. The summed E-state index contributed by atoms with van der Waals surface area (Å²) in [5, 5.41) is 9.74. The first-order valence-corrected chi connectivity index (χ1v) is 9.08. The SMILES string of the molecule is CCCCCC=CC(O)C=CCC=CCC=CCCCC(=O)OC. The van der Waals surface area contributed by atoms with Crippen molar-refractivity contribution in [3.63, 3.8) is 0 Å². The second-order valence-electron chi connectivity index (χ2n) is 5.73. The number of carbonyl (C=O) groups is 1. The number of esters is 1. The lowest BCUT2D eigenvalue weighted by molar-refractivity contribution is -0.140. The van der Waals surface area contributed by atoms with E-state index in [0.29, 0.717) is 6.42 Å². The molecule has 1 N–H and O–H groups in total. The van der Waals surface area contributed by atoms with Gasteiger partial charge in [-0.3, -0.25) is 4.79 Å². The van der Waals surface area contributed by atoms with Crippen molar-refractivity contribution in [3.8, 4) is 0 Å². The third kappa shape index (κ3) is 16.8. The molecule has 0 heterocycles. The van der Waals surface area contributed by atoms with Gasteiger partial charge in [-0.1, -0.05) is 68.4 Å². The molecule has 0 fully saturated rings. The van der Waals surface area contributed by atoms with Crippen molar-refractivity contribution in [1.82, 2.24) is 0 Å². The Morgan fingerprint density at radius 3 is 2.25 bits per heavy atom. The summed E-state index contributed by atoms with van der Waals surface area (Å²) in [7, 11) is 1.42. The van der Waals surface area contributed by atoms with E-state index in [2.05, 4.69) is 42.0 Å². The molecule has 0 aromatic rings. The van der Waals surface area contributed by atoms with Gasteiger partial charge in [0.2, 0.25) is 0 Å². The molecule has 0 aromatic heterocycles. The molecule has 0 radical (unpaired) electrons. The Morgan fingerprint density at radius 1 is 0.917 bits per heavy atom. The molecule has 0 rings (SSSR count). The van der Waals surface area contributed by atoms with Crippen molar-refractivity contribution in [3.05, 3.63) is 48.6 Å². The van der Waals surface area contributed by atoms with Crippen LogP contribution < -0.4 is 0 Å². The lowest BCUT2D eigenvalue weighted by Gasteiger charge is -1.97. The highest BCUT2D eigenvalue weighted by Crippen LogP contribution is 2.02. The quantitative estimate of drug-likeness (QED) is 0.267. The van der Waals surface area contributed by atoms with Crippen LogP contribution in [-0.4, -0.2) is 24.3 Å². The fourth-order valence-corrected chi connectivity index (χ4v) is 2.06. The number of allylic oxidation sites excluding steroid dienone is 6. The lowest BCUT2D eigenvalue weighted by Crippen LogP contribution is -1.98. The Balaban J connectivity index is 3.61. The van der Waals surface area contributed by atoms with Crippen molar-refractivity contribution in [2.75, 3.05) is 7.11 Å². The summed E-state index contributed by atoms with van der Waals surface area (Å²) < 4.78 is 4.58. The standard InChI is InChI=1S/C21H34O3/c1-3-4-5-11-14-17-20(22)18-15-12-9-7-6-8-10-13-16-19-21(23)24-2/h7-10,14-15,17-18,20,22H,3-6,11-13,16,19H2,1-2H3. The third-order valence-electron chi connectivity index (χ3n) is 3.50. The summed E-state index contributed by atoms with van der Waals surface area (Å²) in [6, 6.07) is 0. The van der Waals surface area contributed by atoms with E-state index >= 15 is 0 Å². The molecule has 0 saturated carbocycles. The number of carbonyl (C=O) groups excluding carboxylic acids is 1. The van der Waals surface area contributed by atoms with Gasteiger partial charge in [0.05, 0.1) is 13.2 Å². The molecule has 1 unspecified atom stereocenters. The van der Waals surface area contributed by atoms with Crippen molar-refractivity contribution in [1.29, 1.82) is 0 Å². The summed E-state index contributed by atoms with van der Waals surface area (Å²) in [6.07, 6.45) is 24.3. The van der Waals surface area contributed by atoms with Crippen LogP contribution in [0, 0.1) is 0 Å². The highest BCUT2D eigenvalue weighted by Gasteiger charge is 1.96. The zero-order valence-electron chi connectivity index (χ0n) is 15.3. The smallest absolute Gasteiger partial charge is 0.305 e. The summed E-state index contributed by atoms with van der Waals surface area (Å²) >= 11 is 0. The molecular weight excluding hydrogens is 300 g/mol. The molecule has 0 bridgehead atoms. The van der Waals surface area contributed by atoms with Crippen molar-refractivity contribution in [2.24, 2.45) is 0 Å². The average Bonchev–Trinajstić information content (AvgIpc) is 2.59. The monoisotopic (exact) mass is 334 g/mol. The maximum atomic E-state index is 10.9. The van der Waals surface area contributed by atoms with Gasteiger partial charge in [0.1, 0.15) is 0 Å². The first kappa shape index (κ1) is 22.4. The van der Waals surface area contributed by atoms with Gasteiger partial charge < -0.3 is 9.84 Å². The number of rotatable bonds is 14. The fraction of sp³-hybridized carbons (Fsp3) is 0.571. The fourth-order valence-electron chi connectivity index (χ4n) is 2.06. The van der Waals surface area contributed by atoms with Crippen LogP contribution in [0.4, 0.5) is 0 Å². The Hall–Kier alpha value is -1.61. The largest absolute Gasteiger partial charge is 0.469 e. The molecule has 0 saturated heterocycles. The van der Waals surface area contributed by atoms with Gasteiger partial charge in [0.15, 0.2) is 0 Å². The number of unbranched alkanes of at least 4 members (excludes halogenated alkanes) is 4. The predicted octanol–water partition coefficient (Wildman–Crippen LogP) is 5.28. The molecule has 136 valence electrons. The molecule has 0 aromatic carbocycles. The number of aliphatic hydroxyl groups excluding tert-OH is 1. The van der Waals surface area contributed by atoms with Gasteiger partial charge in [-0.05, 0) is 38.5 Å². The molecular formula is C21H34O3. The normalized spacial score (nSPS) is 13.6. The van der Waals surface area contributed by atoms with Gasteiger partial charge >= 0.3 is 5.97 Å². The van der Waals surface area contributed by atoms with E-state index < -0.39 is 6.10 Å². The maximum Gasteiger partial charge on any atom is 0.305 e. The Morgan fingerprint density at radius 2 is 1.54 bits per heavy atom. The minimum atomic E-state index is -0.477. The summed E-state index contributed by atoms with van der Waals surface area (Å²) in [5.74, 6) is -0.145. The van der Waals surface area contributed by atoms with Gasteiger partial charge in [0.25, 0.3) is 0 Å². The van der Waals surface area contributed by atoms with Crippen LogP contribution in [0.15, 0.2) is 48.6 Å². The first-order chi connectivity index (χ1) is 11.7. The number of methoxy groups -OCH3 is 1. The van der Waals surface area contributed by atoms with Gasteiger partial charge in [0, 0.05) is 6.42 Å². The van der Waals surface area contributed by atoms with Crippen LogP contribution in [0.25, 0.3) is 0 Å². The van der Waals surface area contributed by atoms with E-state index in [9.17, 15) is 9.90 Å². The highest BCUT2D eigenvalue weighted by atomic mass is 16.5. The van der Waals surface area contributed by atoms with Crippen LogP contribution in [0.2, 0.25) is 0 Å². The lowest BCUT2D eigenvalue weighted by atomic mass is 10.2. The number of hydrogen-bond donors (Lipinski definition) is 1. The molecule has 24 heavy (non-hydrogen) atoms. The van der Waals surface area contributed by atoms with E-state index in [1.807, 2.05) is 18.2 Å². The Kier molecular flexibility index (Phi) is 16.5. The van der Waals surface area contributed by atoms with E-state index in [-0.39, 0.29) is 5.97 Å². The average molecular weight is 335 g/mol. The van der Waals surface area contributed by atoms with Crippen LogP contribution in [0.3, 0.4) is 0 Å². The van der Waals surface area contributed by atoms with E-state index in [1.165, 1.54) is 26.4 Å². The van der Waals surface area contributed by atoms with Crippen molar-refractivity contribution < 1.29 is 14.6 Å². The highest BCUT2D eigenvalue weighted by molar-refractivity contribution is 5.69. The van der Waals surface area contributed by atoms with Gasteiger partial charge in [-0.15, -0.1) is 0 Å². The summed E-state index contributed by atoms with van der Waals surface area (Å²) in [6.45, 7) is 2.19. The minimum Gasteiger partial charge on any atom is -0.469 e.